The summed E-state index contributed by atoms with van der Waals surface area (Å²) in [5.41, 5.74) is 4.87. The Kier molecular flexibility index (Phi) is 5.02. The Morgan fingerprint density at radius 1 is 1.14 bits per heavy atom. The first-order valence-corrected chi connectivity index (χ1v) is 3.64. The number of hydrogen-bond acceptors (Lipinski definition) is 6. The highest BCUT2D eigenvalue weighted by Gasteiger charge is 2.24. The molecule has 0 rings (SSSR count). The maximum absolute atomic E-state index is 10.3. The Balaban J connectivity index is 4.37. The number of hydrogen-bond donors (Lipinski definition) is 5. The lowest BCUT2D eigenvalue weighted by Crippen LogP contribution is -2.51. The minimum Gasteiger partial charge on any atom is -0.480 e. The zero-order valence-corrected chi connectivity index (χ0v) is 7.20. The summed E-state index contributed by atoms with van der Waals surface area (Å²) < 4.78 is 0. The zero-order valence-electron chi connectivity index (χ0n) is 7.20. The molecule has 0 heterocycles. The van der Waals surface area contributed by atoms with Crippen LogP contribution in [0.3, 0.4) is 0 Å². The molecule has 0 saturated carbocycles. The van der Waals surface area contributed by atoms with Crippen LogP contribution in [0.1, 0.15) is 0 Å². The molecule has 82 valence electrons. The Bertz CT molecular complexity index is 202. The molecule has 8 heteroatoms. The first kappa shape index (κ1) is 12.8. The van der Waals surface area contributed by atoms with Crippen molar-refractivity contribution in [2.24, 2.45) is 5.73 Å². The molecule has 0 radical (unpaired) electrons. The predicted molar refractivity (Wildman–Crippen MR) is 43.0 cm³/mol. The van der Waals surface area contributed by atoms with Crippen molar-refractivity contribution in [3.63, 3.8) is 0 Å². The van der Waals surface area contributed by atoms with E-state index in [9.17, 15) is 9.59 Å². The highest BCUT2D eigenvalue weighted by Crippen LogP contribution is 1.98. The first-order chi connectivity index (χ1) is 6.34. The normalized spacial score (nSPS) is 15.1. The molecule has 2 atom stereocenters. The number of nitrogens with zero attached hydrogens (tertiary/aromatic N) is 1. The predicted octanol–water partition coefficient (Wildman–Crippen LogP) is -2.95. The monoisotopic (exact) mass is 208 g/mol. The SMILES string of the molecule is NC(O)C(O)N(CC(=O)O)CC(=O)O. The summed E-state index contributed by atoms with van der Waals surface area (Å²) in [4.78, 5) is 21.1. The van der Waals surface area contributed by atoms with Crippen molar-refractivity contribution in [2.45, 2.75) is 12.5 Å². The quantitative estimate of drug-likeness (QED) is 0.291. The molecule has 2 unspecified atom stereocenters. The summed E-state index contributed by atoms with van der Waals surface area (Å²) in [6, 6.07) is 0. The van der Waals surface area contributed by atoms with E-state index in [1.165, 1.54) is 0 Å². The van der Waals surface area contributed by atoms with E-state index in [2.05, 4.69) is 0 Å². The van der Waals surface area contributed by atoms with Gasteiger partial charge in [0.1, 0.15) is 12.5 Å². The van der Waals surface area contributed by atoms with Crippen molar-refractivity contribution >= 4 is 11.9 Å². The van der Waals surface area contributed by atoms with Crippen LogP contribution in [0.5, 0.6) is 0 Å². The number of nitrogens with two attached hydrogens (primary N) is 1. The summed E-state index contributed by atoms with van der Waals surface area (Å²) >= 11 is 0. The van der Waals surface area contributed by atoms with Gasteiger partial charge in [-0.15, -0.1) is 0 Å². The second-order valence-electron chi connectivity index (χ2n) is 2.60. The maximum Gasteiger partial charge on any atom is 0.317 e. The van der Waals surface area contributed by atoms with Crippen molar-refractivity contribution in [1.29, 1.82) is 0 Å². The number of aliphatic carboxylic acids is 2. The van der Waals surface area contributed by atoms with Gasteiger partial charge in [-0.25, -0.2) is 0 Å². The van der Waals surface area contributed by atoms with E-state index in [0.717, 1.165) is 0 Å². The van der Waals surface area contributed by atoms with Crippen molar-refractivity contribution < 1.29 is 30.0 Å². The Hall–Kier alpha value is -1.22. The van der Waals surface area contributed by atoms with Crippen LogP contribution in [0.4, 0.5) is 0 Å². The number of aliphatic hydroxyl groups excluding tert-OH is 2. The van der Waals surface area contributed by atoms with Gasteiger partial charge in [0.05, 0.1) is 13.1 Å². The molecule has 0 aromatic carbocycles. The molecule has 0 aliphatic rings. The molecule has 0 aromatic rings. The van der Waals surface area contributed by atoms with Crippen LogP contribution >= 0.6 is 0 Å². The minimum absolute atomic E-state index is 0.620. The second-order valence-corrected chi connectivity index (χ2v) is 2.60. The van der Waals surface area contributed by atoms with Crippen molar-refractivity contribution in [1.82, 2.24) is 4.90 Å². The van der Waals surface area contributed by atoms with Gasteiger partial charge in [-0.3, -0.25) is 14.5 Å². The third-order valence-electron chi connectivity index (χ3n) is 1.36. The van der Waals surface area contributed by atoms with E-state index in [1.807, 2.05) is 0 Å². The molecular weight excluding hydrogens is 196 g/mol. The van der Waals surface area contributed by atoms with Crippen molar-refractivity contribution in [3.05, 3.63) is 0 Å². The van der Waals surface area contributed by atoms with Gasteiger partial charge in [-0.1, -0.05) is 0 Å². The topological polar surface area (TPSA) is 144 Å². The third kappa shape index (κ3) is 4.72. The van der Waals surface area contributed by atoms with E-state index in [1.54, 1.807) is 0 Å². The van der Waals surface area contributed by atoms with Gasteiger partial charge in [0.2, 0.25) is 0 Å². The Morgan fingerprint density at radius 2 is 1.50 bits per heavy atom. The van der Waals surface area contributed by atoms with Gasteiger partial charge in [0.25, 0.3) is 0 Å². The van der Waals surface area contributed by atoms with E-state index in [0.29, 0.717) is 4.90 Å². The molecule has 0 aliphatic carbocycles. The van der Waals surface area contributed by atoms with Crippen LogP contribution < -0.4 is 5.73 Å². The summed E-state index contributed by atoms with van der Waals surface area (Å²) in [7, 11) is 0. The lowest BCUT2D eigenvalue weighted by atomic mass is 10.4. The van der Waals surface area contributed by atoms with Crippen LogP contribution in [0.15, 0.2) is 0 Å². The molecule has 0 bridgehead atoms. The van der Waals surface area contributed by atoms with Crippen LogP contribution in [-0.4, -0.2) is 62.8 Å². The fourth-order valence-electron chi connectivity index (χ4n) is 0.806. The summed E-state index contributed by atoms with van der Waals surface area (Å²) in [6.07, 6.45) is -3.43. The molecular formula is C6H12N2O6. The zero-order chi connectivity index (χ0) is 11.3. The molecule has 0 fully saturated rings. The van der Waals surface area contributed by atoms with Crippen molar-refractivity contribution in [2.75, 3.05) is 13.1 Å². The van der Waals surface area contributed by atoms with Crippen LogP contribution in [0.25, 0.3) is 0 Å². The third-order valence-corrected chi connectivity index (χ3v) is 1.36. The Labute approximate surface area is 79.2 Å². The fourth-order valence-corrected chi connectivity index (χ4v) is 0.806. The van der Waals surface area contributed by atoms with Gasteiger partial charge in [0.15, 0.2) is 0 Å². The van der Waals surface area contributed by atoms with E-state index >= 15 is 0 Å². The molecule has 0 aliphatic heterocycles. The number of carboxylic acid groups (broad SMARTS) is 2. The summed E-state index contributed by atoms with van der Waals surface area (Å²) in [5.74, 6) is -2.66. The van der Waals surface area contributed by atoms with Crippen LogP contribution in [0, 0.1) is 0 Å². The Morgan fingerprint density at radius 3 is 1.71 bits per heavy atom. The van der Waals surface area contributed by atoms with E-state index < -0.39 is 37.5 Å². The van der Waals surface area contributed by atoms with Gasteiger partial charge in [0, 0.05) is 0 Å². The minimum atomic E-state index is -1.72. The molecule has 6 N–H and O–H groups in total. The first-order valence-electron chi connectivity index (χ1n) is 3.64. The van der Waals surface area contributed by atoms with E-state index in [4.69, 9.17) is 26.2 Å². The highest BCUT2D eigenvalue weighted by molar-refractivity contribution is 5.72. The van der Waals surface area contributed by atoms with Gasteiger partial charge in [-0.2, -0.15) is 0 Å². The number of carbonyl (C=O) groups is 2. The lowest BCUT2D eigenvalue weighted by molar-refractivity contribution is -0.152. The maximum atomic E-state index is 10.3. The summed E-state index contributed by atoms with van der Waals surface area (Å²) in [6.45, 7) is -1.44. The number of aliphatic hydroxyl groups is 2. The molecule has 0 spiro atoms. The standard InChI is InChI=1S/C6H12N2O6/c7-5(13)6(14)8(1-3(9)10)2-4(11)12/h5-6,13-14H,1-2,7H2,(H,9,10)(H,11,12). The average molecular weight is 208 g/mol. The summed E-state index contributed by atoms with van der Waals surface area (Å²) in [5, 5.41) is 34.5. The van der Waals surface area contributed by atoms with Gasteiger partial charge < -0.3 is 26.2 Å². The molecule has 14 heavy (non-hydrogen) atoms. The smallest absolute Gasteiger partial charge is 0.317 e. The number of carboxylic acids is 2. The van der Waals surface area contributed by atoms with E-state index in [-0.39, 0.29) is 0 Å². The number of rotatable bonds is 6. The molecule has 0 amide bonds. The molecule has 0 aromatic heterocycles. The lowest BCUT2D eigenvalue weighted by Gasteiger charge is -2.25. The van der Waals surface area contributed by atoms with Crippen LogP contribution in [-0.2, 0) is 9.59 Å². The van der Waals surface area contributed by atoms with Crippen molar-refractivity contribution in [3.8, 4) is 0 Å². The highest BCUT2D eigenvalue weighted by atomic mass is 16.4. The largest absolute Gasteiger partial charge is 0.480 e. The molecule has 0 saturated heterocycles. The van der Waals surface area contributed by atoms with Gasteiger partial charge in [-0.05, 0) is 0 Å². The van der Waals surface area contributed by atoms with Crippen LogP contribution in [0.2, 0.25) is 0 Å². The van der Waals surface area contributed by atoms with Gasteiger partial charge >= 0.3 is 11.9 Å². The average Bonchev–Trinajstić information content (AvgIpc) is 1.99. The molecule has 8 nitrogen and oxygen atoms in total. The fraction of sp³-hybridized carbons (Fsp3) is 0.667. The second kappa shape index (κ2) is 5.50.